The van der Waals surface area contributed by atoms with Gasteiger partial charge in [0, 0.05) is 5.56 Å². The molecule has 0 aliphatic rings. The third kappa shape index (κ3) is 3.36. The van der Waals surface area contributed by atoms with Crippen molar-refractivity contribution in [2.45, 2.75) is 13.0 Å². The van der Waals surface area contributed by atoms with Gasteiger partial charge in [0.15, 0.2) is 11.6 Å². The van der Waals surface area contributed by atoms with E-state index in [-0.39, 0.29) is 23.5 Å². The average Bonchev–Trinajstić information content (AvgIpc) is 2.48. The first-order chi connectivity index (χ1) is 10.2. The summed E-state index contributed by atoms with van der Waals surface area (Å²) in [5.74, 6) is -1.08. The lowest BCUT2D eigenvalue weighted by Crippen LogP contribution is -2.07. The van der Waals surface area contributed by atoms with Crippen LogP contribution in [-0.4, -0.2) is 6.54 Å². The molecule has 0 unspecified atom stereocenters. The van der Waals surface area contributed by atoms with Gasteiger partial charge in [-0.1, -0.05) is 24.3 Å². The van der Waals surface area contributed by atoms with Crippen molar-refractivity contribution < 1.29 is 13.5 Å². The molecule has 0 aromatic heterocycles. The van der Waals surface area contributed by atoms with Gasteiger partial charge in [0.05, 0.1) is 5.56 Å². The summed E-state index contributed by atoms with van der Waals surface area (Å²) >= 11 is 0. The first-order valence-corrected chi connectivity index (χ1v) is 6.45. The number of hydrogen-bond acceptors (Lipinski definition) is 3. The van der Waals surface area contributed by atoms with E-state index in [2.05, 4.69) is 0 Å². The predicted molar refractivity (Wildman–Crippen MR) is 74.6 cm³/mol. The molecule has 0 amide bonds. The molecule has 0 bridgehead atoms. The summed E-state index contributed by atoms with van der Waals surface area (Å²) in [6, 6.07) is 10.8. The van der Waals surface area contributed by atoms with Crippen molar-refractivity contribution >= 4 is 0 Å². The smallest absolute Gasteiger partial charge is 0.165 e. The van der Waals surface area contributed by atoms with Gasteiger partial charge >= 0.3 is 0 Å². The van der Waals surface area contributed by atoms with E-state index in [0.717, 1.165) is 0 Å². The van der Waals surface area contributed by atoms with E-state index >= 15 is 0 Å². The first-order valence-electron chi connectivity index (χ1n) is 6.45. The van der Waals surface area contributed by atoms with Gasteiger partial charge in [-0.3, -0.25) is 0 Å². The standard InChI is InChI=1S/C16H14F2N2O/c17-14-6-2-3-11(7-8-19)16(14)21-10-13-5-1-4-12(9-20)15(13)18/h1-6H,7-8,10,19H2. The van der Waals surface area contributed by atoms with Gasteiger partial charge in [0.25, 0.3) is 0 Å². The van der Waals surface area contributed by atoms with Gasteiger partial charge < -0.3 is 10.5 Å². The second-order valence-corrected chi connectivity index (χ2v) is 4.45. The largest absolute Gasteiger partial charge is 0.485 e. The van der Waals surface area contributed by atoms with E-state index < -0.39 is 11.6 Å². The quantitative estimate of drug-likeness (QED) is 0.920. The van der Waals surface area contributed by atoms with Gasteiger partial charge in [0.1, 0.15) is 18.5 Å². The lowest BCUT2D eigenvalue weighted by molar-refractivity contribution is 0.281. The Hall–Kier alpha value is -2.45. The number of halogens is 2. The summed E-state index contributed by atoms with van der Waals surface area (Å²) in [7, 11) is 0. The van der Waals surface area contributed by atoms with E-state index in [1.807, 2.05) is 0 Å². The van der Waals surface area contributed by atoms with Gasteiger partial charge in [0.2, 0.25) is 0 Å². The maximum Gasteiger partial charge on any atom is 0.165 e. The van der Waals surface area contributed by atoms with E-state index in [4.69, 9.17) is 15.7 Å². The monoisotopic (exact) mass is 288 g/mol. The SMILES string of the molecule is N#Cc1cccc(COc2c(F)cccc2CCN)c1F. The molecule has 2 aromatic rings. The molecule has 0 saturated heterocycles. The van der Waals surface area contributed by atoms with Crippen molar-refractivity contribution in [3.63, 3.8) is 0 Å². The van der Waals surface area contributed by atoms with Crippen LogP contribution >= 0.6 is 0 Å². The zero-order chi connectivity index (χ0) is 15.2. The molecule has 3 nitrogen and oxygen atoms in total. The number of ether oxygens (including phenoxy) is 1. The Morgan fingerprint density at radius 1 is 1.10 bits per heavy atom. The number of benzene rings is 2. The zero-order valence-corrected chi connectivity index (χ0v) is 11.3. The average molecular weight is 288 g/mol. The fourth-order valence-electron chi connectivity index (χ4n) is 2.00. The minimum atomic E-state index is -0.642. The van der Waals surface area contributed by atoms with Gasteiger partial charge in [-0.15, -0.1) is 0 Å². The third-order valence-corrected chi connectivity index (χ3v) is 3.03. The fraction of sp³-hybridized carbons (Fsp3) is 0.188. The highest BCUT2D eigenvalue weighted by Gasteiger charge is 2.12. The Labute approximate surface area is 121 Å². The highest BCUT2D eigenvalue weighted by Crippen LogP contribution is 2.24. The van der Waals surface area contributed by atoms with E-state index in [1.54, 1.807) is 24.3 Å². The van der Waals surface area contributed by atoms with E-state index in [1.165, 1.54) is 18.2 Å². The number of nitrogens with two attached hydrogens (primary N) is 1. The summed E-state index contributed by atoms with van der Waals surface area (Å²) in [4.78, 5) is 0. The minimum Gasteiger partial charge on any atom is -0.485 e. The molecule has 0 fully saturated rings. The molecular weight excluding hydrogens is 274 g/mol. The summed E-state index contributed by atoms with van der Waals surface area (Å²) in [6.07, 6.45) is 0.466. The molecule has 0 aliphatic heterocycles. The van der Waals surface area contributed by atoms with Crippen molar-refractivity contribution in [3.05, 3.63) is 64.7 Å². The summed E-state index contributed by atoms with van der Waals surface area (Å²) in [6.45, 7) is 0.206. The third-order valence-electron chi connectivity index (χ3n) is 3.03. The number of para-hydroxylation sites is 1. The minimum absolute atomic E-state index is 0.0631. The molecule has 0 heterocycles. The molecule has 0 atom stereocenters. The molecule has 0 radical (unpaired) electrons. The highest BCUT2D eigenvalue weighted by molar-refractivity contribution is 5.37. The van der Waals surface area contributed by atoms with Crippen molar-refractivity contribution in [1.29, 1.82) is 5.26 Å². The number of rotatable bonds is 5. The van der Waals surface area contributed by atoms with Gasteiger partial charge in [-0.25, -0.2) is 8.78 Å². The van der Waals surface area contributed by atoms with E-state index in [0.29, 0.717) is 18.5 Å². The van der Waals surface area contributed by atoms with Gasteiger partial charge in [-0.05, 0) is 30.7 Å². The molecule has 108 valence electrons. The van der Waals surface area contributed by atoms with Crippen LogP contribution in [0.15, 0.2) is 36.4 Å². The van der Waals surface area contributed by atoms with Crippen LogP contribution in [0, 0.1) is 23.0 Å². The number of nitriles is 1. The summed E-state index contributed by atoms with van der Waals surface area (Å²) in [5.41, 5.74) is 6.25. The second kappa shape index (κ2) is 6.82. The first kappa shape index (κ1) is 14.9. The second-order valence-electron chi connectivity index (χ2n) is 4.45. The van der Waals surface area contributed by atoms with Crippen LogP contribution < -0.4 is 10.5 Å². The van der Waals surface area contributed by atoms with Crippen molar-refractivity contribution in [1.82, 2.24) is 0 Å². The molecular formula is C16H14F2N2O. The topological polar surface area (TPSA) is 59.0 Å². The fourth-order valence-corrected chi connectivity index (χ4v) is 2.00. The van der Waals surface area contributed by atoms with Crippen molar-refractivity contribution in [2.75, 3.05) is 6.54 Å². The molecule has 2 N–H and O–H groups in total. The van der Waals surface area contributed by atoms with Crippen LogP contribution in [0.1, 0.15) is 16.7 Å². The Morgan fingerprint density at radius 3 is 2.52 bits per heavy atom. The zero-order valence-electron chi connectivity index (χ0n) is 11.3. The van der Waals surface area contributed by atoms with Crippen LogP contribution in [0.3, 0.4) is 0 Å². The molecule has 0 saturated carbocycles. The molecule has 2 aromatic carbocycles. The summed E-state index contributed by atoms with van der Waals surface area (Å²) in [5, 5.41) is 8.78. The Bertz CT molecular complexity index is 680. The van der Waals surface area contributed by atoms with Crippen LogP contribution in [-0.2, 0) is 13.0 Å². The van der Waals surface area contributed by atoms with E-state index in [9.17, 15) is 8.78 Å². The van der Waals surface area contributed by atoms with Crippen LogP contribution in [0.4, 0.5) is 8.78 Å². The Morgan fingerprint density at radius 2 is 1.81 bits per heavy atom. The highest BCUT2D eigenvalue weighted by atomic mass is 19.1. The van der Waals surface area contributed by atoms with Crippen LogP contribution in [0.25, 0.3) is 0 Å². The lowest BCUT2D eigenvalue weighted by Gasteiger charge is -2.12. The van der Waals surface area contributed by atoms with Crippen LogP contribution in [0.2, 0.25) is 0 Å². The molecule has 0 spiro atoms. The van der Waals surface area contributed by atoms with Crippen molar-refractivity contribution in [3.8, 4) is 11.8 Å². The maximum atomic E-state index is 13.9. The predicted octanol–water partition coefficient (Wildman–Crippen LogP) is 2.92. The Balaban J connectivity index is 2.23. The summed E-state index contributed by atoms with van der Waals surface area (Å²) < 4.78 is 33.1. The van der Waals surface area contributed by atoms with Crippen LogP contribution in [0.5, 0.6) is 5.75 Å². The normalized spacial score (nSPS) is 10.2. The van der Waals surface area contributed by atoms with Gasteiger partial charge in [-0.2, -0.15) is 5.26 Å². The Kier molecular flexibility index (Phi) is 4.85. The molecule has 5 heteroatoms. The number of nitrogens with zero attached hydrogens (tertiary/aromatic N) is 1. The number of hydrogen-bond donors (Lipinski definition) is 1. The molecule has 0 aliphatic carbocycles. The maximum absolute atomic E-state index is 13.9. The molecule has 2 rings (SSSR count). The molecule has 21 heavy (non-hydrogen) atoms. The lowest BCUT2D eigenvalue weighted by atomic mass is 10.1. The van der Waals surface area contributed by atoms with Crippen molar-refractivity contribution in [2.24, 2.45) is 5.73 Å².